The van der Waals surface area contributed by atoms with Crippen LogP contribution in [-0.4, -0.2) is 33.5 Å². The summed E-state index contributed by atoms with van der Waals surface area (Å²) in [6.45, 7) is 1.97. The average Bonchev–Trinajstić information content (AvgIpc) is 2.96. The molecule has 25 heavy (non-hydrogen) atoms. The van der Waals surface area contributed by atoms with Gasteiger partial charge >= 0.3 is 0 Å². The van der Waals surface area contributed by atoms with Gasteiger partial charge in [0, 0.05) is 30.6 Å². The summed E-state index contributed by atoms with van der Waals surface area (Å²) in [7, 11) is 0. The Balaban J connectivity index is 1.84. The van der Waals surface area contributed by atoms with Crippen molar-refractivity contribution >= 4 is 12.0 Å². The summed E-state index contributed by atoms with van der Waals surface area (Å²) in [5.41, 5.74) is 1.81. The molecule has 1 saturated heterocycles. The van der Waals surface area contributed by atoms with Crippen molar-refractivity contribution in [3.8, 4) is 0 Å². The third-order valence-electron chi connectivity index (χ3n) is 4.19. The van der Waals surface area contributed by atoms with E-state index in [2.05, 4.69) is 4.98 Å². The Labute approximate surface area is 144 Å². The minimum Gasteiger partial charge on any atom is -0.391 e. The fraction of sp³-hybridized carbons (Fsp3) is 0.263. The van der Waals surface area contributed by atoms with Gasteiger partial charge in [-0.25, -0.2) is 8.78 Å². The molecule has 0 aliphatic carbocycles. The number of hydrogen-bond donors (Lipinski definition) is 1. The number of aromatic nitrogens is 1. The van der Waals surface area contributed by atoms with Crippen LogP contribution in [0.5, 0.6) is 0 Å². The number of nitrogens with zero attached hydrogens (tertiary/aromatic N) is 2. The molecule has 0 bridgehead atoms. The molecule has 130 valence electrons. The first-order chi connectivity index (χ1) is 11.9. The van der Waals surface area contributed by atoms with Gasteiger partial charge in [-0.2, -0.15) is 0 Å². The van der Waals surface area contributed by atoms with Crippen molar-refractivity contribution in [3.63, 3.8) is 0 Å². The number of benzene rings is 1. The minimum atomic E-state index is -0.773. The topological polar surface area (TPSA) is 53.4 Å². The van der Waals surface area contributed by atoms with E-state index >= 15 is 0 Å². The first kappa shape index (κ1) is 17.2. The van der Waals surface area contributed by atoms with Crippen LogP contribution < -0.4 is 0 Å². The summed E-state index contributed by atoms with van der Waals surface area (Å²) in [6, 6.07) is 4.32. The molecule has 1 aromatic carbocycles. The Morgan fingerprint density at radius 2 is 2.12 bits per heavy atom. The SMILES string of the molecule is Cc1cncc(/C=C/C(=O)N2CC(O)CC2c2cc(F)ccc2F)c1. The molecule has 2 aromatic rings. The number of aryl methyl sites for hydroxylation is 1. The first-order valence-electron chi connectivity index (χ1n) is 7.97. The predicted octanol–water partition coefficient (Wildman–Crippen LogP) is 3.02. The first-order valence-corrected chi connectivity index (χ1v) is 7.97. The summed E-state index contributed by atoms with van der Waals surface area (Å²) in [5.74, 6) is -1.54. The highest BCUT2D eigenvalue weighted by molar-refractivity contribution is 5.92. The summed E-state index contributed by atoms with van der Waals surface area (Å²) >= 11 is 0. The highest BCUT2D eigenvalue weighted by Gasteiger charge is 2.36. The second-order valence-electron chi connectivity index (χ2n) is 6.19. The van der Waals surface area contributed by atoms with E-state index in [-0.39, 0.29) is 24.4 Å². The van der Waals surface area contributed by atoms with Crippen LogP contribution in [0.15, 0.2) is 42.7 Å². The van der Waals surface area contributed by atoms with Crippen molar-refractivity contribution in [2.75, 3.05) is 6.54 Å². The summed E-state index contributed by atoms with van der Waals surface area (Å²) in [4.78, 5) is 17.9. The molecule has 1 fully saturated rings. The molecule has 6 heteroatoms. The van der Waals surface area contributed by atoms with Crippen LogP contribution in [0, 0.1) is 18.6 Å². The fourth-order valence-electron chi connectivity index (χ4n) is 3.05. The lowest BCUT2D eigenvalue weighted by Gasteiger charge is -2.24. The Bertz CT molecular complexity index is 823. The van der Waals surface area contributed by atoms with E-state index in [1.807, 2.05) is 13.0 Å². The van der Waals surface area contributed by atoms with E-state index < -0.39 is 23.8 Å². The van der Waals surface area contributed by atoms with E-state index in [1.54, 1.807) is 18.5 Å². The number of carbonyl (C=O) groups is 1. The molecule has 1 aliphatic rings. The van der Waals surface area contributed by atoms with Crippen molar-refractivity contribution in [3.05, 3.63) is 71.1 Å². The predicted molar refractivity (Wildman–Crippen MR) is 89.4 cm³/mol. The molecule has 1 N–H and O–H groups in total. The van der Waals surface area contributed by atoms with Gasteiger partial charge in [0.1, 0.15) is 11.6 Å². The molecule has 2 atom stereocenters. The number of aliphatic hydroxyl groups excluding tert-OH is 1. The zero-order chi connectivity index (χ0) is 18.0. The van der Waals surface area contributed by atoms with Gasteiger partial charge in [-0.15, -0.1) is 0 Å². The molecular weight excluding hydrogens is 326 g/mol. The van der Waals surface area contributed by atoms with Crippen molar-refractivity contribution < 1.29 is 18.7 Å². The molecule has 2 unspecified atom stereocenters. The van der Waals surface area contributed by atoms with Gasteiger partial charge in [0.25, 0.3) is 0 Å². The number of halogens is 2. The van der Waals surface area contributed by atoms with Crippen LogP contribution in [-0.2, 0) is 4.79 Å². The van der Waals surface area contributed by atoms with Gasteiger partial charge in [-0.3, -0.25) is 9.78 Å². The number of hydrogen-bond acceptors (Lipinski definition) is 3. The number of pyridine rings is 1. The van der Waals surface area contributed by atoms with Crippen molar-refractivity contribution in [1.82, 2.24) is 9.88 Å². The van der Waals surface area contributed by atoms with Crippen molar-refractivity contribution in [2.24, 2.45) is 0 Å². The molecule has 1 amide bonds. The second kappa shape index (κ2) is 7.11. The Morgan fingerprint density at radius 1 is 1.32 bits per heavy atom. The maximum Gasteiger partial charge on any atom is 0.247 e. The lowest BCUT2D eigenvalue weighted by atomic mass is 10.0. The smallest absolute Gasteiger partial charge is 0.247 e. The maximum absolute atomic E-state index is 14.1. The van der Waals surface area contributed by atoms with Gasteiger partial charge in [-0.1, -0.05) is 0 Å². The largest absolute Gasteiger partial charge is 0.391 e. The Morgan fingerprint density at radius 3 is 2.88 bits per heavy atom. The molecule has 0 saturated carbocycles. The molecule has 2 heterocycles. The lowest BCUT2D eigenvalue weighted by molar-refractivity contribution is -0.127. The van der Waals surface area contributed by atoms with Crippen LogP contribution in [0.25, 0.3) is 6.08 Å². The molecule has 3 rings (SSSR count). The number of carbonyl (C=O) groups excluding carboxylic acids is 1. The van der Waals surface area contributed by atoms with E-state index in [4.69, 9.17) is 0 Å². The highest BCUT2D eigenvalue weighted by Crippen LogP contribution is 2.34. The van der Waals surface area contributed by atoms with E-state index in [9.17, 15) is 18.7 Å². The highest BCUT2D eigenvalue weighted by atomic mass is 19.1. The van der Waals surface area contributed by atoms with Crippen LogP contribution in [0.2, 0.25) is 0 Å². The van der Waals surface area contributed by atoms with Crippen LogP contribution in [0.3, 0.4) is 0 Å². The third-order valence-corrected chi connectivity index (χ3v) is 4.19. The van der Waals surface area contributed by atoms with Gasteiger partial charge in [0.05, 0.1) is 12.1 Å². The standard InChI is InChI=1S/C19H18F2N2O2/c1-12-6-13(10-22-9-12)2-5-19(25)23-11-15(24)8-18(23)16-7-14(20)3-4-17(16)21/h2-7,9-10,15,18,24H,8,11H2,1H3/b5-2+. The van der Waals surface area contributed by atoms with Crippen LogP contribution in [0.1, 0.15) is 29.2 Å². The fourth-order valence-corrected chi connectivity index (χ4v) is 3.05. The molecule has 1 aliphatic heterocycles. The van der Waals surface area contributed by atoms with E-state index in [0.29, 0.717) is 0 Å². The number of β-amino-alcohol motifs (C(OH)–C–C–N with tert-alkyl or cyclic N) is 1. The molecule has 1 aromatic heterocycles. The third kappa shape index (κ3) is 3.91. The van der Waals surface area contributed by atoms with Gasteiger partial charge in [0.2, 0.25) is 5.91 Å². The number of rotatable bonds is 3. The molecule has 4 nitrogen and oxygen atoms in total. The number of amides is 1. The van der Waals surface area contributed by atoms with Gasteiger partial charge in [0.15, 0.2) is 0 Å². The normalized spacial score (nSPS) is 20.4. The van der Waals surface area contributed by atoms with Crippen molar-refractivity contribution in [2.45, 2.75) is 25.5 Å². The minimum absolute atomic E-state index is 0.0792. The Hall–Kier alpha value is -2.60. The van der Waals surface area contributed by atoms with E-state index in [0.717, 1.165) is 29.3 Å². The summed E-state index contributed by atoms with van der Waals surface area (Å²) < 4.78 is 27.5. The summed E-state index contributed by atoms with van der Waals surface area (Å²) in [5, 5.41) is 9.92. The zero-order valence-electron chi connectivity index (χ0n) is 13.7. The maximum atomic E-state index is 14.1. The monoisotopic (exact) mass is 344 g/mol. The zero-order valence-corrected chi connectivity index (χ0v) is 13.7. The van der Waals surface area contributed by atoms with Gasteiger partial charge in [-0.05, 0) is 54.8 Å². The molecule has 0 radical (unpaired) electrons. The number of aliphatic hydroxyl groups is 1. The lowest BCUT2D eigenvalue weighted by Crippen LogP contribution is -2.30. The Kier molecular flexibility index (Phi) is 4.90. The molecular formula is C19H18F2N2O2. The van der Waals surface area contributed by atoms with Gasteiger partial charge < -0.3 is 10.0 Å². The quantitative estimate of drug-likeness (QED) is 0.871. The van der Waals surface area contributed by atoms with Crippen molar-refractivity contribution in [1.29, 1.82) is 0 Å². The molecule has 0 spiro atoms. The average molecular weight is 344 g/mol. The second-order valence-corrected chi connectivity index (χ2v) is 6.19. The van der Waals surface area contributed by atoms with E-state index in [1.165, 1.54) is 11.0 Å². The summed E-state index contributed by atoms with van der Waals surface area (Å²) in [6.07, 6.45) is 5.71. The van der Waals surface area contributed by atoms with Crippen LogP contribution >= 0.6 is 0 Å². The number of likely N-dealkylation sites (tertiary alicyclic amines) is 1. The van der Waals surface area contributed by atoms with Crippen LogP contribution in [0.4, 0.5) is 8.78 Å².